The molecule has 0 aliphatic heterocycles. The molecule has 0 aliphatic rings. The van der Waals surface area contributed by atoms with E-state index in [1.54, 1.807) is 18.3 Å². The van der Waals surface area contributed by atoms with Gasteiger partial charge in [0.25, 0.3) is 0 Å². The number of pyridine rings is 1. The second-order valence-electron chi connectivity index (χ2n) is 2.55. The first-order valence-electron chi connectivity index (χ1n) is 3.73. The van der Waals surface area contributed by atoms with E-state index in [9.17, 15) is 5.11 Å². The summed E-state index contributed by atoms with van der Waals surface area (Å²) in [5.41, 5.74) is 6.25. The number of aliphatic hydroxyl groups is 1. The van der Waals surface area contributed by atoms with Crippen molar-refractivity contribution in [2.45, 2.75) is 12.3 Å². The van der Waals surface area contributed by atoms with Gasteiger partial charge in [0.05, 0.1) is 11.7 Å². The van der Waals surface area contributed by atoms with Crippen LogP contribution in [0.3, 0.4) is 0 Å². The minimum atomic E-state index is -1.03. The lowest BCUT2D eigenvalue weighted by atomic mass is 10.2. The van der Waals surface area contributed by atoms with Gasteiger partial charge in [0, 0.05) is 17.8 Å². The summed E-state index contributed by atoms with van der Waals surface area (Å²) < 4.78 is 5.55. The molecule has 2 atom stereocenters. The highest BCUT2D eigenvalue weighted by molar-refractivity contribution is 9.10. The Balaban J connectivity index is 2.82. The Morgan fingerprint density at radius 1 is 1.69 bits per heavy atom. The maximum absolute atomic E-state index is 9.27. The van der Waals surface area contributed by atoms with Crippen molar-refractivity contribution in [3.05, 3.63) is 28.5 Å². The largest absolute Gasteiger partial charge is 0.366 e. The van der Waals surface area contributed by atoms with Crippen LogP contribution in [0.25, 0.3) is 0 Å². The predicted octanol–water partition coefficient (Wildman–Crippen LogP) is 0.809. The van der Waals surface area contributed by atoms with Gasteiger partial charge in [-0.1, -0.05) is 15.9 Å². The number of halogens is 1. The highest BCUT2D eigenvalue weighted by Gasteiger charge is 2.17. The smallest absolute Gasteiger partial charge is 0.175 e. The van der Waals surface area contributed by atoms with Gasteiger partial charge < -0.3 is 15.6 Å². The zero-order valence-corrected chi connectivity index (χ0v) is 8.73. The second kappa shape index (κ2) is 4.66. The van der Waals surface area contributed by atoms with Crippen LogP contribution in [0.1, 0.15) is 11.7 Å². The molecule has 0 aliphatic carbocycles. The fraction of sp³-hybridized carbons (Fsp3) is 0.375. The molecule has 2 unspecified atom stereocenters. The predicted molar refractivity (Wildman–Crippen MR) is 51.9 cm³/mol. The molecule has 0 aromatic carbocycles. The monoisotopic (exact) mass is 246 g/mol. The van der Waals surface area contributed by atoms with Gasteiger partial charge in [-0.3, -0.25) is 4.98 Å². The molecule has 0 fully saturated rings. The average Bonchev–Trinajstić information content (AvgIpc) is 2.15. The number of nitrogens with two attached hydrogens (primary N) is 1. The van der Waals surface area contributed by atoms with E-state index in [4.69, 9.17) is 5.73 Å². The van der Waals surface area contributed by atoms with Crippen molar-refractivity contribution >= 4 is 15.9 Å². The van der Waals surface area contributed by atoms with Crippen molar-refractivity contribution in [1.29, 1.82) is 0 Å². The summed E-state index contributed by atoms with van der Waals surface area (Å²) in [7, 11) is 1.39. The topological polar surface area (TPSA) is 68.4 Å². The molecule has 1 aromatic heterocycles. The van der Waals surface area contributed by atoms with E-state index in [0.29, 0.717) is 5.69 Å². The molecule has 0 spiro atoms. The van der Waals surface area contributed by atoms with E-state index < -0.39 is 12.3 Å². The zero-order chi connectivity index (χ0) is 9.84. The lowest BCUT2D eigenvalue weighted by molar-refractivity contribution is -0.0911. The molecule has 0 bridgehead atoms. The molecule has 0 amide bonds. The lowest BCUT2D eigenvalue weighted by Crippen LogP contribution is -2.28. The van der Waals surface area contributed by atoms with E-state index in [1.165, 1.54) is 7.11 Å². The molecule has 0 saturated carbocycles. The van der Waals surface area contributed by atoms with Gasteiger partial charge in [0.2, 0.25) is 0 Å². The molecule has 1 rings (SSSR count). The Morgan fingerprint density at radius 3 is 2.92 bits per heavy atom. The number of hydrogen-bond donors (Lipinski definition) is 2. The summed E-state index contributed by atoms with van der Waals surface area (Å²) in [6, 6.07) is 2.91. The maximum atomic E-state index is 9.27. The second-order valence-corrected chi connectivity index (χ2v) is 3.47. The third kappa shape index (κ3) is 2.73. The van der Waals surface area contributed by atoms with Crippen LogP contribution in [-0.4, -0.2) is 23.5 Å². The minimum Gasteiger partial charge on any atom is -0.366 e. The minimum absolute atomic E-state index is 0.587. The van der Waals surface area contributed by atoms with Gasteiger partial charge in [-0.15, -0.1) is 0 Å². The van der Waals surface area contributed by atoms with Crippen molar-refractivity contribution in [1.82, 2.24) is 4.98 Å². The van der Waals surface area contributed by atoms with Crippen LogP contribution in [0.5, 0.6) is 0 Å². The molecule has 72 valence electrons. The highest BCUT2D eigenvalue weighted by Crippen LogP contribution is 2.16. The van der Waals surface area contributed by atoms with Crippen LogP contribution in [0.2, 0.25) is 0 Å². The van der Waals surface area contributed by atoms with Crippen LogP contribution in [0, 0.1) is 0 Å². The first kappa shape index (κ1) is 10.6. The number of methoxy groups -OCH3 is 1. The molecular formula is C8H11BrN2O2. The fourth-order valence-corrected chi connectivity index (χ4v) is 1.25. The van der Waals surface area contributed by atoms with Crippen molar-refractivity contribution in [2.24, 2.45) is 5.73 Å². The average molecular weight is 247 g/mol. The first-order chi connectivity index (χ1) is 6.15. The molecule has 4 nitrogen and oxygen atoms in total. The Kier molecular flexibility index (Phi) is 3.80. The molecule has 13 heavy (non-hydrogen) atoms. The Labute approximate surface area is 84.9 Å². The van der Waals surface area contributed by atoms with E-state index in [-0.39, 0.29) is 0 Å². The molecule has 5 heteroatoms. The van der Waals surface area contributed by atoms with E-state index in [2.05, 4.69) is 25.7 Å². The molecule has 0 radical (unpaired) electrons. The fourth-order valence-electron chi connectivity index (χ4n) is 0.896. The quantitative estimate of drug-likeness (QED) is 0.775. The molecule has 3 N–H and O–H groups in total. The summed E-state index contributed by atoms with van der Waals surface area (Å²) in [6.45, 7) is 0. The number of nitrogens with zero attached hydrogens (tertiary/aromatic N) is 1. The molecule has 0 saturated heterocycles. The Hall–Kier alpha value is -0.490. The third-order valence-corrected chi connectivity index (χ3v) is 2.13. The number of ether oxygens (including phenoxy) is 1. The molecular weight excluding hydrogens is 236 g/mol. The molecule has 1 heterocycles. The van der Waals surface area contributed by atoms with Gasteiger partial charge in [0.1, 0.15) is 0 Å². The number of aromatic nitrogens is 1. The zero-order valence-electron chi connectivity index (χ0n) is 7.14. The maximum Gasteiger partial charge on any atom is 0.175 e. The Morgan fingerprint density at radius 2 is 2.38 bits per heavy atom. The van der Waals surface area contributed by atoms with E-state index in [0.717, 1.165) is 4.47 Å². The van der Waals surface area contributed by atoms with Gasteiger partial charge in [-0.25, -0.2) is 0 Å². The van der Waals surface area contributed by atoms with Gasteiger partial charge in [-0.05, 0) is 12.1 Å². The summed E-state index contributed by atoms with van der Waals surface area (Å²) in [5.74, 6) is 0. The number of rotatable bonds is 3. The summed E-state index contributed by atoms with van der Waals surface area (Å²) in [5, 5.41) is 9.27. The summed E-state index contributed by atoms with van der Waals surface area (Å²) in [6.07, 6.45) is 0.587. The van der Waals surface area contributed by atoms with Crippen molar-refractivity contribution in [2.75, 3.05) is 7.11 Å². The van der Waals surface area contributed by atoms with Crippen LogP contribution in [-0.2, 0) is 4.74 Å². The van der Waals surface area contributed by atoms with Crippen LogP contribution >= 0.6 is 15.9 Å². The standard InChI is InChI=1S/C8H11BrN2O2/c1-13-8(12)7(10)6-4-5(9)2-3-11-6/h2-4,7-8,12H,10H2,1H3. The summed E-state index contributed by atoms with van der Waals surface area (Å²) in [4.78, 5) is 4.01. The van der Waals surface area contributed by atoms with Gasteiger partial charge in [0.15, 0.2) is 6.29 Å². The van der Waals surface area contributed by atoms with Crippen LogP contribution < -0.4 is 5.73 Å². The first-order valence-corrected chi connectivity index (χ1v) is 4.52. The third-order valence-electron chi connectivity index (χ3n) is 1.63. The summed E-state index contributed by atoms with van der Waals surface area (Å²) >= 11 is 3.28. The lowest BCUT2D eigenvalue weighted by Gasteiger charge is -2.16. The van der Waals surface area contributed by atoms with Crippen molar-refractivity contribution in [3.8, 4) is 0 Å². The van der Waals surface area contributed by atoms with E-state index in [1.807, 2.05) is 0 Å². The van der Waals surface area contributed by atoms with Crippen LogP contribution in [0.4, 0.5) is 0 Å². The highest BCUT2D eigenvalue weighted by atomic mass is 79.9. The van der Waals surface area contributed by atoms with Crippen molar-refractivity contribution in [3.63, 3.8) is 0 Å². The number of aliphatic hydroxyl groups excluding tert-OH is 1. The Bertz CT molecular complexity index is 283. The van der Waals surface area contributed by atoms with Crippen molar-refractivity contribution < 1.29 is 9.84 Å². The molecule has 1 aromatic rings. The van der Waals surface area contributed by atoms with E-state index >= 15 is 0 Å². The SMILES string of the molecule is COC(O)C(N)c1cc(Br)ccn1. The number of hydrogen-bond acceptors (Lipinski definition) is 4. The van der Waals surface area contributed by atoms with Crippen LogP contribution in [0.15, 0.2) is 22.8 Å². The van der Waals surface area contributed by atoms with Gasteiger partial charge >= 0.3 is 0 Å². The normalized spacial score (nSPS) is 15.4. The van der Waals surface area contributed by atoms with Gasteiger partial charge in [-0.2, -0.15) is 0 Å².